The number of amides is 13. The lowest BCUT2D eigenvalue weighted by Crippen LogP contribution is -2.63. The molecule has 0 saturated heterocycles. The fraction of sp³-hybridized carbons (Fsp3) is 0.525. The maximum absolute atomic E-state index is 15.5. The van der Waals surface area contributed by atoms with Crippen LogP contribution in [0, 0.1) is 38.2 Å². The third kappa shape index (κ3) is 39.8. The number of nitro benzene ring substituents is 1. The quantitative estimate of drug-likeness (QED) is 0.00556. The maximum atomic E-state index is 15.5. The van der Waals surface area contributed by atoms with Gasteiger partial charge in [-0.1, -0.05) is 88.7 Å². The number of carbonyl (C=O) groups is 14. The molecule has 0 aliphatic rings. The van der Waals surface area contributed by atoms with E-state index in [2.05, 4.69) is 89.7 Å². The van der Waals surface area contributed by atoms with Gasteiger partial charge in [0.25, 0.3) is 5.69 Å². The van der Waals surface area contributed by atoms with Gasteiger partial charge in [0, 0.05) is 58.1 Å². The van der Waals surface area contributed by atoms with Crippen LogP contribution in [0.1, 0.15) is 148 Å². The van der Waals surface area contributed by atoms with Crippen molar-refractivity contribution in [3.63, 3.8) is 0 Å². The molecule has 2 unspecified atom stereocenters. The number of carboxylic acids is 1. The molecule has 47 nitrogen and oxygen atoms in total. The number of nitrogens with zero attached hydrogens (tertiary/aromatic N) is 2. The number of thioether (sulfide) groups is 1. The van der Waals surface area contributed by atoms with Gasteiger partial charge in [0.15, 0.2) is 17.9 Å². The molecular weight excluding hydrogens is 1730 g/mol. The maximum Gasteiger partial charge on any atom is 0.473 e. The van der Waals surface area contributed by atoms with Gasteiger partial charge in [-0.3, -0.25) is 103 Å². The van der Waals surface area contributed by atoms with Crippen molar-refractivity contribution in [1.29, 1.82) is 16.2 Å². The van der Waals surface area contributed by atoms with Crippen molar-refractivity contribution in [3.05, 3.63) is 124 Å². The lowest BCUT2D eigenvalue weighted by Gasteiger charge is -2.31. The number of H-pyrrole nitrogens is 1. The van der Waals surface area contributed by atoms with E-state index >= 15 is 24.0 Å². The number of primary amides is 1. The zero-order chi connectivity index (χ0) is 96.4. The number of benzene rings is 3. The zero-order valence-corrected chi connectivity index (χ0v) is 74.8. The Bertz CT molecular complexity index is 4540. The van der Waals surface area contributed by atoms with E-state index in [0.29, 0.717) is 11.3 Å². The van der Waals surface area contributed by atoms with Crippen molar-refractivity contribution >= 4 is 126 Å². The Kier molecular flexibility index (Phi) is 46.0. The third-order valence-corrected chi connectivity index (χ3v) is 21.6. The normalized spacial score (nSPS) is 15.1. The molecule has 0 fully saturated rings. The van der Waals surface area contributed by atoms with E-state index in [0.717, 1.165) is 19.9 Å². The second kappa shape index (κ2) is 54.8. The number of aromatic nitrogens is 2. The number of aliphatic carboxylic acids is 1. The SMILES string of the molecule is CC[C@H](C)[C@H](NC(=O)[C@H](CC(C)C)NC(=O)[C@H](Cc1ccc(O)cc1)NC(=O)[C@@H](NC(=O)[C@H](CC(=O)O)NC(=O)[C@H](Cc1ccccc1)NC(=O)[C@H](Cc1c[nH]cn1)NC(=O)[C@H](CCCNC(=N)N)NC(=O)[C@H](C)NC(=O)[C@H](CCSC)NC(C)=O)[C@@H](C)OP(=O)(O)OC(C)c1ccccc1[N+](=O)[O-])C(=O)N[C@@H](CCCNC(=N)N)C(=O)N[C@@H](CCCNC(=N)N)C(N)=O. The Hall–Kier alpha value is -13.1. The van der Waals surface area contributed by atoms with E-state index in [1.807, 2.05) is 0 Å². The highest BCUT2D eigenvalue weighted by Gasteiger charge is 2.42. The minimum atomic E-state index is -5.67. The largest absolute Gasteiger partial charge is 0.508 e. The smallest absolute Gasteiger partial charge is 0.473 e. The van der Waals surface area contributed by atoms with Gasteiger partial charge in [0.05, 0.1) is 41.1 Å². The monoisotopic (exact) mass is 1850 g/mol. The summed E-state index contributed by atoms with van der Waals surface area (Å²) in [6.45, 7) is 11.4. The number of rotatable bonds is 58. The zero-order valence-electron chi connectivity index (χ0n) is 73.1. The highest BCUT2D eigenvalue weighted by Crippen LogP contribution is 2.50. The number of hydrogen-bond acceptors (Lipinski definition) is 25. The molecule has 0 bridgehead atoms. The number of imidazole rings is 1. The van der Waals surface area contributed by atoms with Gasteiger partial charge in [-0.25, -0.2) is 9.55 Å². The summed E-state index contributed by atoms with van der Waals surface area (Å²) in [5.41, 5.74) is 21.9. The molecule has 4 aromatic rings. The van der Waals surface area contributed by atoms with Crippen LogP contribution in [0.5, 0.6) is 5.75 Å². The van der Waals surface area contributed by atoms with Crippen LogP contribution >= 0.6 is 19.6 Å². The Morgan fingerprint density at radius 2 is 0.953 bits per heavy atom. The number of nitrogens with two attached hydrogens (primary N) is 4. The summed E-state index contributed by atoms with van der Waals surface area (Å²) in [6, 6.07) is -2.07. The third-order valence-electron chi connectivity index (χ3n) is 19.8. The number of phosphoric ester groups is 1. The van der Waals surface area contributed by atoms with Crippen LogP contribution < -0.4 is 103 Å². The molecular formula is C80H122N25O22PS. The summed E-state index contributed by atoms with van der Waals surface area (Å²) in [4.78, 5) is 229. The average Bonchev–Trinajstić information content (AvgIpc) is 1.11. The summed E-state index contributed by atoms with van der Waals surface area (Å²) in [5, 5.41) is 93.7. The van der Waals surface area contributed by atoms with Crippen molar-refractivity contribution in [3.8, 4) is 5.75 Å². The van der Waals surface area contributed by atoms with Crippen LogP contribution in [0.25, 0.3) is 0 Å². The number of nitrogens with one attached hydrogen (secondary N) is 19. The molecule has 1 heterocycles. The van der Waals surface area contributed by atoms with Crippen LogP contribution in [0.15, 0.2) is 91.4 Å². The number of phenols is 1. The minimum absolute atomic E-state index is 0.00250. The lowest BCUT2D eigenvalue weighted by molar-refractivity contribution is -0.386. The molecule has 49 heteroatoms. The van der Waals surface area contributed by atoms with Crippen molar-refractivity contribution < 1.29 is 101 Å². The topological polar surface area (TPSA) is 763 Å². The van der Waals surface area contributed by atoms with Gasteiger partial charge in [-0.05, 0) is 125 Å². The predicted molar refractivity (Wildman–Crippen MR) is 473 cm³/mol. The number of carboxylic acid groups (broad SMARTS) is 1. The molecule has 0 spiro atoms. The van der Waals surface area contributed by atoms with E-state index in [-0.39, 0.29) is 106 Å². The Morgan fingerprint density at radius 3 is 1.44 bits per heavy atom. The van der Waals surface area contributed by atoms with Gasteiger partial charge >= 0.3 is 13.8 Å². The van der Waals surface area contributed by atoms with Gasteiger partial charge < -0.3 is 123 Å². The number of carbonyl (C=O) groups excluding carboxylic acids is 13. The molecule has 3 aromatic carbocycles. The number of guanidine groups is 3. The molecule has 0 saturated carbocycles. The Morgan fingerprint density at radius 1 is 0.527 bits per heavy atom. The standard InChI is InChI=1S/C80H122N25O22PS/c1-10-43(4)64(76(120)97-55(24-18-33-91-80(86)87)69(113)95-53(66(81)110)22-16-31-89-78(82)83)103-74(118)57(35-42(2)3)98-72(116)59(37-49-26-28-51(107)29-27-49)102-77(121)65(46(7)127-128(124,125)126-45(6)52-21-14-15-25-62(52)105(122)123)104-75(119)61(39-63(108)109)101-71(115)58(36-48-19-12-11-13-20-48)99-73(117)60(38-50-40-88-41-92-50)100-70(114)54(23-17-32-90-79(84)85)96-67(111)44(5)93-68(112)56(30-34-129-9)94-47(8)106/h11-15,19-21,25-29,40-46,53-61,64-65,107H,10,16-18,22-24,30-39H2,1-9H3,(H2,81,110)(H,88,92)(H,93,112)(H,94,106)(H,95,113)(H,96,111)(H,97,120)(H,98,116)(H,99,117)(H,100,114)(H,101,115)(H,102,121)(H,103,118)(H,104,119)(H,108,109)(H,124,125)(H4,82,83,89)(H4,84,85,90)(H4,86,87,91)/t43-,44-,45?,46+,53-,54-,55-,56-,57-,58-,59-,60-,61-,64-,65-/m0/s1. The van der Waals surface area contributed by atoms with E-state index in [1.54, 1.807) is 52.1 Å². The van der Waals surface area contributed by atoms with Crippen molar-refractivity contribution in [1.82, 2.24) is 89.7 Å². The summed E-state index contributed by atoms with van der Waals surface area (Å²) >= 11 is 1.40. The van der Waals surface area contributed by atoms with E-state index in [4.69, 9.17) is 48.2 Å². The highest BCUT2D eigenvalue weighted by molar-refractivity contribution is 7.98. The highest BCUT2D eigenvalue weighted by atomic mass is 32.2. The molecule has 4 rings (SSSR count). The van der Waals surface area contributed by atoms with Gasteiger partial charge in [0.2, 0.25) is 76.8 Å². The predicted octanol–water partition coefficient (Wildman–Crippen LogP) is -2.21. The number of aromatic amines is 1. The minimum Gasteiger partial charge on any atom is -0.508 e. The Balaban J connectivity index is 1.84. The first kappa shape index (κ1) is 108. The van der Waals surface area contributed by atoms with Crippen LogP contribution in [-0.4, -0.2) is 241 Å². The molecule has 0 radical (unpaired) electrons. The number of nitro groups is 1. The summed E-state index contributed by atoms with van der Waals surface area (Å²) < 4.78 is 25.2. The van der Waals surface area contributed by atoms with Crippen LogP contribution in [-0.2, 0) is 100.0 Å². The summed E-state index contributed by atoms with van der Waals surface area (Å²) in [6.07, 6.45) is -1.96. The van der Waals surface area contributed by atoms with Crippen molar-refractivity contribution in [2.75, 3.05) is 31.6 Å². The van der Waals surface area contributed by atoms with Crippen LogP contribution in [0.4, 0.5) is 5.69 Å². The first-order valence-corrected chi connectivity index (χ1v) is 44.3. The van der Waals surface area contributed by atoms with E-state index in [9.17, 15) is 72.9 Å². The van der Waals surface area contributed by atoms with Crippen LogP contribution in [0.2, 0.25) is 0 Å². The number of phosphoric acid groups is 1. The summed E-state index contributed by atoms with van der Waals surface area (Å²) in [7, 11) is -5.67. The van der Waals surface area contributed by atoms with E-state index in [1.165, 1.54) is 92.7 Å². The Labute approximate surface area is 748 Å². The molecule has 1 aromatic heterocycles. The fourth-order valence-corrected chi connectivity index (χ4v) is 14.5. The van der Waals surface area contributed by atoms with Crippen molar-refractivity contribution in [2.24, 2.45) is 34.8 Å². The van der Waals surface area contributed by atoms with Crippen molar-refractivity contribution in [2.45, 2.75) is 224 Å². The van der Waals surface area contributed by atoms with Gasteiger partial charge in [-0.15, -0.1) is 0 Å². The first-order valence-electron chi connectivity index (χ1n) is 41.4. The number of hydrogen-bond donors (Lipinski definition) is 26. The van der Waals surface area contributed by atoms with Gasteiger partial charge in [0.1, 0.15) is 78.3 Å². The molecule has 0 aliphatic carbocycles. The molecule has 30 N–H and O–H groups in total. The lowest BCUT2D eigenvalue weighted by atomic mass is 9.95. The number of aromatic hydroxyl groups is 1. The number of phenolic OH excluding ortho intramolecular Hbond substituents is 1. The molecule has 129 heavy (non-hydrogen) atoms. The second-order valence-electron chi connectivity index (χ2n) is 30.9. The molecule has 13 amide bonds. The second-order valence-corrected chi connectivity index (χ2v) is 33.2. The van der Waals surface area contributed by atoms with Gasteiger partial charge in [-0.2, -0.15) is 11.8 Å². The first-order chi connectivity index (χ1) is 60.8. The summed E-state index contributed by atoms with van der Waals surface area (Å²) in [5.74, 6) is -17.5. The molecule has 0 aliphatic heterocycles. The molecule has 710 valence electrons. The fourth-order valence-electron chi connectivity index (χ4n) is 12.9. The van der Waals surface area contributed by atoms with E-state index < -0.39 is 235 Å². The number of para-hydroxylation sites is 1. The van der Waals surface area contributed by atoms with Crippen LogP contribution in [0.3, 0.4) is 0 Å². The molecule has 16 atom stereocenters. The average molecular weight is 1850 g/mol.